The highest BCUT2D eigenvalue weighted by molar-refractivity contribution is 5.73. The van der Waals surface area contributed by atoms with Crippen molar-refractivity contribution < 1.29 is 22.7 Å². The number of nitrogens with zero attached hydrogens (tertiary/aromatic N) is 2. The summed E-state index contributed by atoms with van der Waals surface area (Å²) in [7, 11) is 0. The molecule has 0 amide bonds. The lowest BCUT2D eigenvalue weighted by molar-refractivity contribution is -0.142. The van der Waals surface area contributed by atoms with E-state index in [0.29, 0.717) is 0 Å². The monoisotopic (exact) mass is 258 g/mol. The van der Waals surface area contributed by atoms with E-state index in [1.54, 1.807) is 6.92 Å². The number of aromatic nitrogens is 1. The number of pyridine rings is 1. The number of hydrogen-bond acceptors (Lipinski definition) is 4. The van der Waals surface area contributed by atoms with Crippen LogP contribution >= 0.6 is 0 Å². The van der Waals surface area contributed by atoms with Crippen LogP contribution in [0.4, 0.5) is 13.2 Å². The number of halogens is 3. The van der Waals surface area contributed by atoms with Crippen LogP contribution in [0.3, 0.4) is 0 Å². The van der Waals surface area contributed by atoms with Crippen LogP contribution in [0.15, 0.2) is 6.20 Å². The standard InChI is InChI=1S/C11H9F3N2O2/c1-2-18-8(17)3-6-5-16-11(14)7(4-15)9(6)10(12)13/h5,10H,2-3H2,1H3. The Kier molecular flexibility index (Phi) is 4.66. The fourth-order valence-corrected chi connectivity index (χ4v) is 1.40. The van der Waals surface area contributed by atoms with E-state index in [9.17, 15) is 18.0 Å². The van der Waals surface area contributed by atoms with Gasteiger partial charge in [-0.3, -0.25) is 4.79 Å². The van der Waals surface area contributed by atoms with Gasteiger partial charge >= 0.3 is 5.97 Å². The molecule has 1 rings (SSSR count). The lowest BCUT2D eigenvalue weighted by Crippen LogP contribution is -2.12. The van der Waals surface area contributed by atoms with Crippen LogP contribution in [-0.2, 0) is 16.0 Å². The SMILES string of the molecule is CCOC(=O)Cc1cnc(F)c(C#N)c1C(F)F. The molecule has 0 bridgehead atoms. The van der Waals surface area contributed by atoms with Crippen LogP contribution in [-0.4, -0.2) is 17.6 Å². The molecular formula is C11H9F3N2O2. The Morgan fingerprint density at radius 2 is 2.28 bits per heavy atom. The second kappa shape index (κ2) is 6.00. The number of nitriles is 1. The number of esters is 1. The zero-order valence-corrected chi connectivity index (χ0v) is 9.41. The predicted octanol–water partition coefficient (Wildman–Crippen LogP) is 2.14. The van der Waals surface area contributed by atoms with Gasteiger partial charge in [0.2, 0.25) is 5.95 Å². The molecule has 18 heavy (non-hydrogen) atoms. The molecule has 0 unspecified atom stereocenters. The minimum absolute atomic E-state index is 0.0998. The van der Waals surface area contributed by atoms with E-state index in [-0.39, 0.29) is 12.2 Å². The molecule has 0 atom stereocenters. The number of ether oxygens (including phenoxy) is 1. The van der Waals surface area contributed by atoms with Gasteiger partial charge in [-0.25, -0.2) is 13.8 Å². The highest BCUT2D eigenvalue weighted by atomic mass is 19.3. The summed E-state index contributed by atoms with van der Waals surface area (Å²) < 4.78 is 43.3. The van der Waals surface area contributed by atoms with Gasteiger partial charge in [0, 0.05) is 11.8 Å². The highest BCUT2D eigenvalue weighted by Crippen LogP contribution is 2.27. The van der Waals surface area contributed by atoms with Crippen LogP contribution in [0.25, 0.3) is 0 Å². The molecule has 1 aromatic heterocycles. The summed E-state index contributed by atoms with van der Waals surface area (Å²) in [5.74, 6) is -2.02. The average Bonchev–Trinajstić information content (AvgIpc) is 2.30. The van der Waals surface area contributed by atoms with Gasteiger partial charge in [0.25, 0.3) is 6.43 Å². The number of rotatable bonds is 4. The zero-order chi connectivity index (χ0) is 13.7. The molecule has 1 heterocycles. The fraction of sp³-hybridized carbons (Fsp3) is 0.364. The summed E-state index contributed by atoms with van der Waals surface area (Å²) in [5, 5.41) is 8.63. The molecule has 0 radical (unpaired) electrons. The lowest BCUT2D eigenvalue weighted by atomic mass is 10.0. The van der Waals surface area contributed by atoms with Gasteiger partial charge in [0.15, 0.2) is 0 Å². The predicted molar refractivity (Wildman–Crippen MR) is 54.2 cm³/mol. The maximum atomic E-state index is 13.1. The molecule has 96 valence electrons. The van der Waals surface area contributed by atoms with Crippen molar-refractivity contribution in [1.29, 1.82) is 5.26 Å². The summed E-state index contributed by atoms with van der Waals surface area (Å²) in [4.78, 5) is 14.4. The van der Waals surface area contributed by atoms with Crippen molar-refractivity contribution in [2.75, 3.05) is 6.61 Å². The molecule has 1 aromatic rings. The second-order valence-corrected chi connectivity index (χ2v) is 3.26. The maximum Gasteiger partial charge on any atom is 0.310 e. The van der Waals surface area contributed by atoms with Crippen molar-refractivity contribution in [3.63, 3.8) is 0 Å². The van der Waals surface area contributed by atoms with E-state index in [4.69, 9.17) is 5.26 Å². The third-order valence-corrected chi connectivity index (χ3v) is 2.13. The Morgan fingerprint density at radius 3 is 2.78 bits per heavy atom. The summed E-state index contributed by atoms with van der Waals surface area (Å²) in [6.07, 6.45) is -2.73. The minimum atomic E-state index is -3.07. The summed E-state index contributed by atoms with van der Waals surface area (Å²) >= 11 is 0. The number of hydrogen-bond donors (Lipinski definition) is 0. The van der Waals surface area contributed by atoms with E-state index < -0.39 is 35.9 Å². The molecule has 4 nitrogen and oxygen atoms in total. The molecule has 0 spiro atoms. The first-order chi connectivity index (χ1) is 8.51. The third kappa shape index (κ3) is 2.97. The van der Waals surface area contributed by atoms with Crippen LogP contribution < -0.4 is 0 Å². The zero-order valence-electron chi connectivity index (χ0n) is 9.41. The lowest BCUT2D eigenvalue weighted by Gasteiger charge is -2.10. The van der Waals surface area contributed by atoms with Gasteiger partial charge in [-0.2, -0.15) is 9.65 Å². The Morgan fingerprint density at radius 1 is 1.61 bits per heavy atom. The van der Waals surface area contributed by atoms with E-state index in [0.717, 1.165) is 6.20 Å². The highest BCUT2D eigenvalue weighted by Gasteiger charge is 2.23. The molecular weight excluding hydrogens is 249 g/mol. The van der Waals surface area contributed by atoms with E-state index in [1.807, 2.05) is 0 Å². The van der Waals surface area contributed by atoms with E-state index in [2.05, 4.69) is 9.72 Å². The number of alkyl halides is 2. The van der Waals surface area contributed by atoms with Gasteiger partial charge in [0.05, 0.1) is 13.0 Å². The smallest absolute Gasteiger partial charge is 0.310 e. The Hall–Kier alpha value is -2.10. The fourth-order valence-electron chi connectivity index (χ4n) is 1.40. The molecule has 0 saturated heterocycles. The van der Waals surface area contributed by atoms with Gasteiger partial charge in [-0.15, -0.1) is 0 Å². The molecule has 0 N–H and O–H groups in total. The molecule has 0 fully saturated rings. The van der Waals surface area contributed by atoms with E-state index in [1.165, 1.54) is 6.07 Å². The van der Waals surface area contributed by atoms with Gasteiger partial charge in [-0.1, -0.05) is 0 Å². The first-order valence-electron chi connectivity index (χ1n) is 5.02. The molecule has 7 heteroatoms. The topological polar surface area (TPSA) is 63.0 Å². The summed E-state index contributed by atoms with van der Waals surface area (Å²) in [6.45, 7) is 1.66. The van der Waals surface area contributed by atoms with Crippen molar-refractivity contribution in [3.8, 4) is 6.07 Å². The van der Waals surface area contributed by atoms with Crippen LogP contribution in [0, 0.1) is 17.3 Å². The Balaban J connectivity index is 3.20. The first kappa shape index (κ1) is 14.0. The molecule has 0 aromatic carbocycles. The Labute approximate surface area is 101 Å². The van der Waals surface area contributed by atoms with Crippen LogP contribution in [0.5, 0.6) is 0 Å². The van der Waals surface area contributed by atoms with E-state index >= 15 is 0 Å². The van der Waals surface area contributed by atoms with Crippen LogP contribution in [0.2, 0.25) is 0 Å². The Bertz CT molecular complexity index is 498. The van der Waals surface area contributed by atoms with Crippen molar-refractivity contribution in [3.05, 3.63) is 28.8 Å². The van der Waals surface area contributed by atoms with Crippen molar-refractivity contribution in [1.82, 2.24) is 4.98 Å². The summed E-state index contributed by atoms with van der Waals surface area (Å²) in [6, 6.07) is 1.32. The number of carbonyl (C=O) groups is 1. The molecule has 0 saturated carbocycles. The van der Waals surface area contributed by atoms with Crippen molar-refractivity contribution in [2.24, 2.45) is 0 Å². The number of carbonyl (C=O) groups excluding carboxylic acids is 1. The third-order valence-electron chi connectivity index (χ3n) is 2.13. The van der Waals surface area contributed by atoms with Crippen molar-refractivity contribution >= 4 is 5.97 Å². The largest absolute Gasteiger partial charge is 0.466 e. The maximum absolute atomic E-state index is 13.1. The molecule has 0 aliphatic rings. The van der Waals surface area contributed by atoms with Gasteiger partial charge in [-0.05, 0) is 12.5 Å². The first-order valence-corrected chi connectivity index (χ1v) is 5.02. The van der Waals surface area contributed by atoms with Crippen LogP contribution in [0.1, 0.15) is 30.0 Å². The molecule has 0 aliphatic heterocycles. The molecule has 0 aliphatic carbocycles. The minimum Gasteiger partial charge on any atom is -0.466 e. The van der Waals surface area contributed by atoms with Gasteiger partial charge in [0.1, 0.15) is 11.6 Å². The summed E-state index contributed by atoms with van der Waals surface area (Å²) in [5.41, 5.74) is -1.86. The normalized spacial score (nSPS) is 10.2. The second-order valence-electron chi connectivity index (χ2n) is 3.26. The average molecular weight is 258 g/mol. The quantitative estimate of drug-likeness (QED) is 0.613. The van der Waals surface area contributed by atoms with Crippen molar-refractivity contribution in [2.45, 2.75) is 19.8 Å². The van der Waals surface area contributed by atoms with Gasteiger partial charge < -0.3 is 4.74 Å².